The van der Waals surface area contributed by atoms with Crippen molar-refractivity contribution < 1.29 is 17.9 Å². The van der Waals surface area contributed by atoms with E-state index in [4.69, 9.17) is 4.74 Å². The first kappa shape index (κ1) is 23.4. The van der Waals surface area contributed by atoms with Crippen LogP contribution < -0.4 is 5.56 Å². The van der Waals surface area contributed by atoms with Gasteiger partial charge in [0.25, 0.3) is 5.56 Å². The summed E-state index contributed by atoms with van der Waals surface area (Å²) in [6.07, 6.45) is 0. The fraction of sp³-hybridized carbons (Fsp3) is 0.154. The molecule has 0 fully saturated rings. The topological polar surface area (TPSA) is 96.5 Å². The van der Waals surface area contributed by atoms with Crippen molar-refractivity contribution >= 4 is 26.9 Å². The van der Waals surface area contributed by atoms with Gasteiger partial charge in [-0.05, 0) is 54.3 Å². The second-order valence-electron chi connectivity index (χ2n) is 7.99. The zero-order chi connectivity index (χ0) is 24.3. The number of aromatic nitrogens is 1. The van der Waals surface area contributed by atoms with Crippen molar-refractivity contribution in [3.05, 3.63) is 111 Å². The summed E-state index contributed by atoms with van der Waals surface area (Å²) in [5.41, 5.74) is 2.57. The molecule has 4 rings (SSSR count). The molecule has 0 saturated carbocycles. The lowest BCUT2D eigenvalue weighted by atomic mass is 10.1. The molecule has 1 heterocycles. The third-order valence-electron chi connectivity index (χ3n) is 5.52. The van der Waals surface area contributed by atoms with Crippen LogP contribution in [0, 0.1) is 6.92 Å². The predicted molar refractivity (Wildman–Crippen MR) is 130 cm³/mol. The Bertz CT molecular complexity index is 1510. The Balaban J connectivity index is 1.79. The zero-order valence-corrected chi connectivity index (χ0v) is 19.6. The minimum Gasteiger partial charge on any atom is -0.465 e. The summed E-state index contributed by atoms with van der Waals surface area (Å²) in [4.78, 5) is 27.6. The first-order valence-electron chi connectivity index (χ1n) is 10.6. The van der Waals surface area contributed by atoms with Crippen molar-refractivity contribution in [2.45, 2.75) is 24.9 Å². The molecule has 8 heteroatoms. The van der Waals surface area contributed by atoms with Crippen LogP contribution in [0.2, 0.25) is 0 Å². The number of esters is 1. The number of methoxy groups -OCH3 is 1. The highest BCUT2D eigenvalue weighted by Gasteiger charge is 2.27. The Kier molecular flexibility index (Phi) is 6.63. The minimum atomic E-state index is -4.07. The number of nitrogens with one attached hydrogen (secondary N) is 1. The highest BCUT2D eigenvalue weighted by atomic mass is 32.2. The molecule has 0 amide bonds. The van der Waals surface area contributed by atoms with Crippen LogP contribution in [-0.4, -0.2) is 30.8 Å². The fourth-order valence-corrected chi connectivity index (χ4v) is 5.19. The van der Waals surface area contributed by atoms with Crippen molar-refractivity contribution in [3.8, 4) is 0 Å². The van der Waals surface area contributed by atoms with Gasteiger partial charge >= 0.3 is 5.97 Å². The molecule has 0 aliphatic carbocycles. The maximum absolute atomic E-state index is 13.7. The summed E-state index contributed by atoms with van der Waals surface area (Å²) in [6, 6.07) is 22.2. The van der Waals surface area contributed by atoms with E-state index in [1.807, 2.05) is 55.5 Å². The highest BCUT2D eigenvalue weighted by Crippen LogP contribution is 2.23. The van der Waals surface area contributed by atoms with Crippen molar-refractivity contribution in [1.29, 1.82) is 0 Å². The second kappa shape index (κ2) is 9.62. The van der Waals surface area contributed by atoms with Crippen LogP contribution in [0.3, 0.4) is 0 Å². The quantitative estimate of drug-likeness (QED) is 0.407. The number of hydrogen-bond donors (Lipinski definition) is 1. The van der Waals surface area contributed by atoms with Crippen molar-refractivity contribution in [2.24, 2.45) is 0 Å². The number of hydrogen-bond acceptors (Lipinski definition) is 5. The van der Waals surface area contributed by atoms with Crippen LogP contribution >= 0.6 is 0 Å². The highest BCUT2D eigenvalue weighted by molar-refractivity contribution is 7.89. The molecule has 0 unspecified atom stereocenters. The maximum Gasteiger partial charge on any atom is 0.337 e. The van der Waals surface area contributed by atoms with Crippen LogP contribution in [0.25, 0.3) is 10.9 Å². The summed E-state index contributed by atoms with van der Waals surface area (Å²) in [7, 11) is -2.83. The lowest BCUT2D eigenvalue weighted by molar-refractivity contribution is 0.0600. The molecule has 1 N–H and O–H groups in total. The number of aromatic amines is 1. The fourth-order valence-electron chi connectivity index (χ4n) is 3.74. The molecule has 34 heavy (non-hydrogen) atoms. The molecule has 1 aromatic heterocycles. The van der Waals surface area contributed by atoms with E-state index >= 15 is 0 Å². The third kappa shape index (κ3) is 4.93. The number of fused-ring (bicyclic) bond motifs is 1. The first-order valence-corrected chi connectivity index (χ1v) is 12.1. The number of rotatable bonds is 7. The zero-order valence-electron chi connectivity index (χ0n) is 18.8. The van der Waals surface area contributed by atoms with Gasteiger partial charge in [-0.3, -0.25) is 4.79 Å². The first-order chi connectivity index (χ1) is 16.3. The van der Waals surface area contributed by atoms with Crippen LogP contribution in [0.1, 0.15) is 27.0 Å². The van der Waals surface area contributed by atoms with Gasteiger partial charge in [0.2, 0.25) is 10.0 Å². The summed E-state index contributed by atoms with van der Waals surface area (Å²) in [5, 5.41) is 0.819. The van der Waals surface area contributed by atoms with Crippen LogP contribution in [0.4, 0.5) is 0 Å². The van der Waals surface area contributed by atoms with Gasteiger partial charge in [0.1, 0.15) is 0 Å². The van der Waals surface area contributed by atoms with Gasteiger partial charge in [0, 0.05) is 24.2 Å². The molecule has 0 atom stereocenters. The van der Waals surface area contributed by atoms with E-state index in [1.165, 1.54) is 35.7 Å². The molecule has 4 aromatic rings. The van der Waals surface area contributed by atoms with Crippen LogP contribution in [0.5, 0.6) is 0 Å². The largest absolute Gasteiger partial charge is 0.465 e. The standard InChI is InChI=1S/C26H24N2O5S/c1-18-11-12-24-21(13-18)14-22(25(29)27-24)17-28(16-19-7-4-3-5-8-19)34(31,32)23-10-6-9-20(15-23)26(30)33-2/h3-15H,16-17H2,1-2H3,(H,27,29). The van der Waals surface area contributed by atoms with Crippen molar-refractivity contribution in [2.75, 3.05) is 7.11 Å². The lowest BCUT2D eigenvalue weighted by Crippen LogP contribution is -2.32. The summed E-state index contributed by atoms with van der Waals surface area (Å²) in [6.45, 7) is 1.86. The van der Waals surface area contributed by atoms with Gasteiger partial charge in [-0.1, -0.05) is 48.0 Å². The number of aryl methyl sites for hydroxylation is 1. The molecule has 0 saturated heterocycles. The van der Waals surface area contributed by atoms with Gasteiger partial charge < -0.3 is 9.72 Å². The van der Waals surface area contributed by atoms with E-state index in [2.05, 4.69) is 4.98 Å². The molecule has 0 aliphatic rings. The van der Waals surface area contributed by atoms with E-state index < -0.39 is 16.0 Å². The number of pyridine rings is 1. The molecular weight excluding hydrogens is 452 g/mol. The number of H-pyrrole nitrogens is 1. The SMILES string of the molecule is COC(=O)c1cccc(S(=O)(=O)N(Cc2ccccc2)Cc2cc3cc(C)ccc3[nH]c2=O)c1. The normalized spacial score (nSPS) is 11.6. The van der Waals surface area contributed by atoms with Gasteiger partial charge in [-0.2, -0.15) is 4.31 Å². The number of benzene rings is 3. The van der Waals surface area contributed by atoms with Crippen LogP contribution in [-0.2, 0) is 27.8 Å². The Hall–Kier alpha value is -3.75. The number of ether oxygens (including phenoxy) is 1. The second-order valence-corrected chi connectivity index (χ2v) is 9.93. The number of sulfonamides is 1. The Morgan fingerprint density at radius 2 is 1.71 bits per heavy atom. The van der Waals surface area contributed by atoms with Crippen molar-refractivity contribution in [1.82, 2.24) is 9.29 Å². The smallest absolute Gasteiger partial charge is 0.337 e. The summed E-state index contributed by atoms with van der Waals surface area (Å²) >= 11 is 0. The van der Waals surface area contributed by atoms with E-state index in [-0.39, 0.29) is 29.1 Å². The lowest BCUT2D eigenvalue weighted by Gasteiger charge is -2.23. The molecule has 174 valence electrons. The molecule has 0 aliphatic heterocycles. The van der Waals surface area contributed by atoms with Gasteiger partial charge in [-0.15, -0.1) is 0 Å². The number of carbonyl (C=O) groups excluding carboxylic acids is 1. The molecule has 0 radical (unpaired) electrons. The van der Waals surface area contributed by atoms with Crippen LogP contribution in [0.15, 0.2) is 88.6 Å². The Morgan fingerprint density at radius 1 is 0.941 bits per heavy atom. The minimum absolute atomic E-state index is 0.0525. The number of nitrogens with zero attached hydrogens (tertiary/aromatic N) is 1. The van der Waals surface area contributed by atoms with E-state index in [0.29, 0.717) is 11.1 Å². The average molecular weight is 477 g/mol. The van der Waals surface area contributed by atoms with E-state index in [1.54, 1.807) is 6.07 Å². The maximum atomic E-state index is 13.7. The van der Waals surface area contributed by atoms with E-state index in [0.717, 1.165) is 16.5 Å². The Labute approximate surface area is 197 Å². The molecular formula is C26H24N2O5S. The summed E-state index contributed by atoms with van der Waals surface area (Å²) in [5.74, 6) is -0.631. The predicted octanol–water partition coefficient (Wildman–Crippen LogP) is 4.01. The van der Waals surface area contributed by atoms with Gasteiger partial charge in [0.15, 0.2) is 0 Å². The monoisotopic (exact) mass is 476 g/mol. The van der Waals surface area contributed by atoms with Crippen molar-refractivity contribution in [3.63, 3.8) is 0 Å². The average Bonchev–Trinajstić information content (AvgIpc) is 2.84. The summed E-state index contributed by atoms with van der Waals surface area (Å²) < 4.78 is 33.4. The Morgan fingerprint density at radius 3 is 2.44 bits per heavy atom. The molecule has 3 aromatic carbocycles. The van der Waals surface area contributed by atoms with Gasteiger partial charge in [0.05, 0.1) is 17.6 Å². The number of carbonyl (C=O) groups is 1. The third-order valence-corrected chi connectivity index (χ3v) is 7.31. The molecule has 0 bridgehead atoms. The van der Waals surface area contributed by atoms with E-state index in [9.17, 15) is 18.0 Å². The molecule has 7 nitrogen and oxygen atoms in total. The molecule has 0 spiro atoms. The van der Waals surface area contributed by atoms with Gasteiger partial charge in [-0.25, -0.2) is 13.2 Å².